The maximum absolute atomic E-state index is 13.3. The number of carbonyl (C=O) groups excluding carboxylic acids is 1. The lowest BCUT2D eigenvalue weighted by atomic mass is 10.1. The Morgan fingerprint density at radius 1 is 1.04 bits per heavy atom. The zero-order valence-corrected chi connectivity index (χ0v) is 13.4. The summed E-state index contributed by atoms with van der Waals surface area (Å²) in [6.45, 7) is -0.207. The van der Waals surface area contributed by atoms with Gasteiger partial charge in [-0.3, -0.25) is 0 Å². The summed E-state index contributed by atoms with van der Waals surface area (Å²) in [4.78, 5) is 11.7. The largest absolute Gasteiger partial charge is 0.478 e. The Morgan fingerprint density at radius 2 is 1.73 bits per heavy atom. The van der Waals surface area contributed by atoms with Crippen LogP contribution in [0.2, 0.25) is 0 Å². The molecule has 2 aromatic rings. The van der Waals surface area contributed by atoms with Crippen molar-refractivity contribution in [2.24, 2.45) is 0 Å². The van der Waals surface area contributed by atoms with Gasteiger partial charge in [0, 0.05) is 0 Å². The minimum absolute atomic E-state index is 0.0521. The highest BCUT2D eigenvalue weighted by molar-refractivity contribution is 5.90. The third-order valence-electron chi connectivity index (χ3n) is 3.08. The Bertz CT molecular complexity index is 826. The lowest BCUT2D eigenvalue weighted by molar-refractivity contribution is -0.136. The Kier molecular flexibility index (Phi) is 6.44. The number of alkyl halides is 3. The molecule has 2 aromatic carbocycles. The molecular formula is C18H14F4N2O2. The normalized spacial score (nSPS) is 10.5. The van der Waals surface area contributed by atoms with Gasteiger partial charge in [-0.25, -0.2) is 9.18 Å². The number of amides is 2. The van der Waals surface area contributed by atoms with Gasteiger partial charge in [-0.2, -0.15) is 13.2 Å². The maximum Gasteiger partial charge on any atom is 0.418 e. The van der Waals surface area contributed by atoms with Gasteiger partial charge in [-0.05, 0) is 24.3 Å². The third-order valence-corrected chi connectivity index (χ3v) is 3.08. The lowest BCUT2D eigenvalue weighted by Gasteiger charge is -2.13. The summed E-state index contributed by atoms with van der Waals surface area (Å²) < 4.78 is 56.8. The first-order chi connectivity index (χ1) is 12.4. The number of rotatable bonds is 4. The number of ether oxygens (including phenoxy) is 1. The molecule has 136 valence electrons. The number of para-hydroxylation sites is 2. The van der Waals surface area contributed by atoms with Crippen molar-refractivity contribution in [2.75, 3.05) is 18.5 Å². The monoisotopic (exact) mass is 366 g/mol. The quantitative estimate of drug-likeness (QED) is 0.634. The highest BCUT2D eigenvalue weighted by Crippen LogP contribution is 2.34. The minimum atomic E-state index is -4.58. The molecule has 0 aliphatic carbocycles. The van der Waals surface area contributed by atoms with E-state index >= 15 is 0 Å². The van der Waals surface area contributed by atoms with Gasteiger partial charge in [-0.1, -0.05) is 36.1 Å². The fourth-order valence-corrected chi connectivity index (χ4v) is 1.92. The smallest absolute Gasteiger partial charge is 0.418 e. The van der Waals surface area contributed by atoms with Crippen LogP contribution in [0.5, 0.6) is 5.75 Å². The Hall–Kier alpha value is -3.21. The fraction of sp³-hybridized carbons (Fsp3) is 0.167. The van der Waals surface area contributed by atoms with Crippen molar-refractivity contribution in [3.05, 3.63) is 59.9 Å². The number of anilines is 1. The molecule has 0 heterocycles. The average Bonchev–Trinajstić information content (AvgIpc) is 2.59. The van der Waals surface area contributed by atoms with Crippen LogP contribution in [0.3, 0.4) is 0 Å². The van der Waals surface area contributed by atoms with Crippen molar-refractivity contribution in [2.45, 2.75) is 6.18 Å². The molecule has 8 heteroatoms. The van der Waals surface area contributed by atoms with Crippen molar-refractivity contribution < 1.29 is 27.1 Å². The van der Waals surface area contributed by atoms with Gasteiger partial charge in [-0.15, -0.1) is 0 Å². The van der Waals surface area contributed by atoms with Crippen molar-refractivity contribution in [3.63, 3.8) is 0 Å². The van der Waals surface area contributed by atoms with Crippen LogP contribution in [0, 0.1) is 17.7 Å². The van der Waals surface area contributed by atoms with Crippen LogP contribution in [0.1, 0.15) is 5.56 Å². The average molecular weight is 366 g/mol. The van der Waals surface area contributed by atoms with Gasteiger partial charge in [0.2, 0.25) is 0 Å². The molecule has 4 nitrogen and oxygen atoms in total. The Balaban J connectivity index is 1.79. The van der Waals surface area contributed by atoms with E-state index in [-0.39, 0.29) is 24.6 Å². The minimum Gasteiger partial charge on any atom is -0.478 e. The van der Waals surface area contributed by atoms with Crippen molar-refractivity contribution in [1.29, 1.82) is 0 Å². The molecule has 26 heavy (non-hydrogen) atoms. The molecule has 0 aromatic heterocycles. The summed E-state index contributed by atoms with van der Waals surface area (Å²) in [5.41, 5.74) is -1.30. The summed E-state index contributed by atoms with van der Waals surface area (Å²) in [5.74, 6) is 4.63. The van der Waals surface area contributed by atoms with Crippen LogP contribution in [-0.2, 0) is 6.18 Å². The molecule has 0 bridgehead atoms. The molecular weight excluding hydrogens is 352 g/mol. The van der Waals surface area contributed by atoms with E-state index in [1.54, 1.807) is 6.07 Å². The highest BCUT2D eigenvalue weighted by atomic mass is 19.4. The first-order valence-corrected chi connectivity index (χ1v) is 7.42. The first kappa shape index (κ1) is 19.1. The van der Waals surface area contributed by atoms with Gasteiger partial charge < -0.3 is 15.4 Å². The molecule has 0 aliphatic heterocycles. The number of nitrogens with one attached hydrogen (secondary N) is 2. The van der Waals surface area contributed by atoms with Crippen LogP contribution in [0.25, 0.3) is 0 Å². The van der Waals surface area contributed by atoms with Gasteiger partial charge in [0.15, 0.2) is 11.6 Å². The van der Waals surface area contributed by atoms with Crippen molar-refractivity contribution in [3.8, 4) is 17.6 Å². The topological polar surface area (TPSA) is 50.4 Å². The van der Waals surface area contributed by atoms with E-state index in [4.69, 9.17) is 4.74 Å². The summed E-state index contributed by atoms with van der Waals surface area (Å²) >= 11 is 0. The standard InChI is InChI=1S/C18H14F4N2O2/c19-14-8-2-4-10-16(14)26-12-6-5-11-23-17(25)24-15-9-3-1-7-13(15)18(20,21)22/h1-4,7-10H,11-12H2,(H2,23,24,25). The molecule has 0 unspecified atom stereocenters. The number of halogens is 4. The first-order valence-electron chi connectivity index (χ1n) is 7.42. The zero-order valence-electron chi connectivity index (χ0n) is 13.4. The Labute approximate surface area is 147 Å². The van der Waals surface area contributed by atoms with E-state index in [1.165, 1.54) is 30.3 Å². The predicted molar refractivity (Wildman–Crippen MR) is 88.1 cm³/mol. The summed E-state index contributed by atoms with van der Waals surface area (Å²) in [6.07, 6.45) is -4.58. The molecule has 2 rings (SSSR count). The summed E-state index contributed by atoms with van der Waals surface area (Å²) in [7, 11) is 0. The van der Waals surface area contributed by atoms with Crippen LogP contribution in [-0.4, -0.2) is 19.2 Å². The van der Waals surface area contributed by atoms with E-state index in [1.807, 2.05) is 0 Å². The van der Waals surface area contributed by atoms with Gasteiger partial charge in [0.05, 0.1) is 17.8 Å². The maximum atomic E-state index is 13.3. The number of hydrogen-bond donors (Lipinski definition) is 2. The van der Waals surface area contributed by atoms with E-state index in [9.17, 15) is 22.4 Å². The van der Waals surface area contributed by atoms with Crippen molar-refractivity contribution >= 4 is 11.7 Å². The second-order valence-corrected chi connectivity index (χ2v) is 4.92. The number of carbonyl (C=O) groups is 1. The lowest BCUT2D eigenvalue weighted by Crippen LogP contribution is -2.30. The van der Waals surface area contributed by atoms with E-state index in [0.717, 1.165) is 12.1 Å². The van der Waals surface area contributed by atoms with Crippen LogP contribution < -0.4 is 15.4 Å². The molecule has 0 fully saturated rings. The molecule has 0 radical (unpaired) electrons. The predicted octanol–water partition coefficient (Wildman–Crippen LogP) is 4.05. The Morgan fingerprint density at radius 3 is 2.46 bits per heavy atom. The second kappa shape index (κ2) is 8.76. The zero-order chi connectivity index (χ0) is 19.0. The fourth-order valence-electron chi connectivity index (χ4n) is 1.92. The number of urea groups is 1. The van der Waals surface area contributed by atoms with E-state index in [2.05, 4.69) is 22.5 Å². The van der Waals surface area contributed by atoms with Crippen LogP contribution in [0.4, 0.5) is 28.0 Å². The molecule has 2 amide bonds. The second-order valence-electron chi connectivity index (χ2n) is 4.92. The molecule has 0 saturated carbocycles. The molecule has 0 atom stereocenters. The molecule has 0 saturated heterocycles. The highest BCUT2D eigenvalue weighted by Gasteiger charge is 2.33. The molecule has 2 N–H and O–H groups in total. The van der Waals surface area contributed by atoms with Gasteiger partial charge in [0.25, 0.3) is 0 Å². The third kappa shape index (κ3) is 5.70. The molecule has 0 aliphatic rings. The van der Waals surface area contributed by atoms with Crippen molar-refractivity contribution in [1.82, 2.24) is 5.32 Å². The summed E-state index contributed by atoms with van der Waals surface area (Å²) in [6, 6.07) is 9.62. The number of hydrogen-bond acceptors (Lipinski definition) is 2. The van der Waals surface area contributed by atoms with E-state index in [0.29, 0.717) is 0 Å². The summed E-state index contributed by atoms with van der Waals surface area (Å²) in [5, 5.41) is 4.42. The SMILES string of the molecule is O=C(NCC#CCOc1ccccc1F)Nc1ccccc1C(F)(F)F. The number of benzene rings is 2. The molecule has 0 spiro atoms. The van der Waals surface area contributed by atoms with E-state index < -0.39 is 23.6 Å². The van der Waals surface area contributed by atoms with Gasteiger partial charge >= 0.3 is 12.2 Å². The van der Waals surface area contributed by atoms with Crippen LogP contribution in [0.15, 0.2) is 48.5 Å². The van der Waals surface area contributed by atoms with Crippen LogP contribution >= 0.6 is 0 Å². The van der Waals surface area contributed by atoms with Gasteiger partial charge in [0.1, 0.15) is 6.61 Å².